The molecule has 0 radical (unpaired) electrons. The van der Waals surface area contributed by atoms with Gasteiger partial charge in [-0.3, -0.25) is 0 Å². The normalized spacial score (nSPS) is 17.8. The molecule has 0 N–H and O–H groups in total. The smallest absolute Gasteiger partial charge is 0.0320 e. The fourth-order valence-corrected chi connectivity index (χ4v) is 5.45. The molecule has 32 heavy (non-hydrogen) atoms. The summed E-state index contributed by atoms with van der Waals surface area (Å²) in [6.07, 6.45) is 45.0. The van der Waals surface area contributed by atoms with E-state index in [1.165, 1.54) is 186 Å². The fourth-order valence-electron chi connectivity index (χ4n) is 5.45. The van der Waals surface area contributed by atoms with Crippen LogP contribution in [0.1, 0.15) is 193 Å². The van der Waals surface area contributed by atoms with Gasteiger partial charge in [0.1, 0.15) is 0 Å². The van der Waals surface area contributed by atoms with E-state index < -0.39 is 0 Å². The molecular weight excluding hydrogens is 384 g/mol. The molecule has 1 aliphatic rings. The Hall–Kier alpha value is -0.260. The van der Waals surface area contributed by atoms with Gasteiger partial charge in [-0.25, -0.2) is 0 Å². The van der Waals surface area contributed by atoms with E-state index in [0.29, 0.717) is 0 Å². The topological polar surface area (TPSA) is 0 Å². The van der Waals surface area contributed by atoms with E-state index in [2.05, 4.69) is 13.0 Å². The lowest BCUT2D eigenvalue weighted by Crippen LogP contribution is -1.90. The molecule has 1 rings (SSSR count). The van der Waals surface area contributed by atoms with E-state index in [1.807, 2.05) is 5.57 Å². The summed E-state index contributed by atoms with van der Waals surface area (Å²) in [6.45, 7) is 2.31. The van der Waals surface area contributed by atoms with Crippen LogP contribution in [0.4, 0.5) is 0 Å². The lowest BCUT2D eigenvalue weighted by atomic mass is 9.97. The Bertz CT molecular complexity index is 379. The Balaban J connectivity index is 2.01. The van der Waals surface area contributed by atoms with Gasteiger partial charge in [0.25, 0.3) is 0 Å². The predicted octanol–water partition coefficient (Wildman–Crippen LogP) is 12.3. The molecule has 0 spiro atoms. The van der Waals surface area contributed by atoms with Crippen LogP contribution in [0.3, 0.4) is 0 Å². The van der Waals surface area contributed by atoms with Crippen LogP contribution in [0, 0.1) is 0 Å². The minimum absolute atomic E-state index is 1.36. The zero-order valence-electron chi connectivity index (χ0n) is 22.6. The molecule has 0 aromatic heterocycles. The van der Waals surface area contributed by atoms with Gasteiger partial charge in [0, 0.05) is 0 Å². The molecule has 0 saturated heterocycles. The summed E-state index contributed by atoms with van der Waals surface area (Å²) in [7, 11) is 0. The molecule has 0 nitrogen and oxygen atoms in total. The fraction of sp³-hybridized carbons (Fsp3) is 0.938. The summed E-state index contributed by atoms with van der Waals surface area (Å²) >= 11 is 0. The molecule has 0 aliphatic heterocycles. The second kappa shape index (κ2) is 25.4. The lowest BCUT2D eigenvalue weighted by molar-refractivity contribution is 0.529. The highest BCUT2D eigenvalue weighted by atomic mass is 14.1. The zero-order valence-corrected chi connectivity index (χ0v) is 22.6. The molecule has 0 atom stereocenters. The van der Waals surface area contributed by atoms with Crippen LogP contribution >= 0.6 is 0 Å². The van der Waals surface area contributed by atoms with Gasteiger partial charge in [-0.1, -0.05) is 166 Å². The molecule has 0 heteroatoms. The maximum absolute atomic E-state index is 2.66. The highest BCUT2D eigenvalue weighted by molar-refractivity contribution is 5.02. The molecule has 0 aromatic carbocycles. The van der Waals surface area contributed by atoms with Gasteiger partial charge in [0.15, 0.2) is 0 Å². The molecule has 0 bridgehead atoms. The summed E-state index contributed by atoms with van der Waals surface area (Å²) in [5.74, 6) is 0. The van der Waals surface area contributed by atoms with Crippen LogP contribution < -0.4 is 0 Å². The van der Waals surface area contributed by atoms with Gasteiger partial charge in [-0.15, -0.1) is 0 Å². The van der Waals surface area contributed by atoms with Crippen LogP contribution in [0.25, 0.3) is 0 Å². The molecule has 1 aliphatic carbocycles. The largest absolute Gasteiger partial charge is 0.0853 e. The standard InChI is InChI=1S/C32H62/c1-2-3-4-5-6-7-8-9-11-14-17-20-23-26-29-32-30-27-24-21-18-15-12-10-13-16-19-22-25-28-31-32/h30H,2-29,31H2,1H3. The van der Waals surface area contributed by atoms with Crippen molar-refractivity contribution in [3.05, 3.63) is 11.6 Å². The summed E-state index contributed by atoms with van der Waals surface area (Å²) in [4.78, 5) is 0. The number of rotatable bonds is 15. The molecular formula is C32H62. The number of hydrogen-bond acceptors (Lipinski definition) is 0. The minimum Gasteiger partial charge on any atom is -0.0853 e. The summed E-state index contributed by atoms with van der Waals surface area (Å²) < 4.78 is 0. The Kier molecular flexibility index (Phi) is 23.6. The van der Waals surface area contributed by atoms with Gasteiger partial charge in [-0.2, -0.15) is 0 Å². The van der Waals surface area contributed by atoms with E-state index in [4.69, 9.17) is 0 Å². The van der Waals surface area contributed by atoms with Gasteiger partial charge in [0.05, 0.1) is 0 Å². The van der Waals surface area contributed by atoms with Crippen molar-refractivity contribution in [2.24, 2.45) is 0 Å². The van der Waals surface area contributed by atoms with E-state index in [1.54, 1.807) is 0 Å². The van der Waals surface area contributed by atoms with Crippen LogP contribution in [0.15, 0.2) is 11.6 Å². The van der Waals surface area contributed by atoms with Crippen LogP contribution in [-0.2, 0) is 0 Å². The first-order valence-electron chi connectivity index (χ1n) is 15.6. The second-order valence-electron chi connectivity index (χ2n) is 11.0. The van der Waals surface area contributed by atoms with Gasteiger partial charge in [-0.05, 0) is 38.5 Å². The Morgan fingerprint density at radius 3 is 1.28 bits per heavy atom. The molecule has 0 aromatic rings. The highest BCUT2D eigenvalue weighted by Crippen LogP contribution is 2.21. The summed E-state index contributed by atoms with van der Waals surface area (Å²) in [6, 6.07) is 0. The van der Waals surface area contributed by atoms with Crippen molar-refractivity contribution in [1.82, 2.24) is 0 Å². The first-order valence-corrected chi connectivity index (χ1v) is 15.6. The molecule has 0 fully saturated rings. The zero-order chi connectivity index (χ0) is 22.8. The molecule has 0 amide bonds. The van der Waals surface area contributed by atoms with Crippen molar-refractivity contribution in [3.63, 3.8) is 0 Å². The van der Waals surface area contributed by atoms with Crippen molar-refractivity contribution in [2.45, 2.75) is 193 Å². The van der Waals surface area contributed by atoms with Crippen molar-refractivity contribution in [3.8, 4) is 0 Å². The molecule has 0 unspecified atom stereocenters. The maximum Gasteiger partial charge on any atom is -0.0320 e. The first kappa shape index (κ1) is 29.8. The molecule has 0 saturated carbocycles. The average Bonchev–Trinajstić information content (AvgIpc) is 2.80. The van der Waals surface area contributed by atoms with E-state index in [9.17, 15) is 0 Å². The van der Waals surface area contributed by atoms with E-state index >= 15 is 0 Å². The van der Waals surface area contributed by atoms with Crippen molar-refractivity contribution in [1.29, 1.82) is 0 Å². The van der Waals surface area contributed by atoms with Gasteiger partial charge < -0.3 is 0 Å². The van der Waals surface area contributed by atoms with E-state index in [0.717, 1.165) is 0 Å². The Labute approximate surface area is 204 Å². The van der Waals surface area contributed by atoms with Crippen molar-refractivity contribution in [2.75, 3.05) is 0 Å². The Morgan fingerprint density at radius 1 is 0.438 bits per heavy atom. The monoisotopic (exact) mass is 446 g/mol. The summed E-state index contributed by atoms with van der Waals surface area (Å²) in [5, 5.41) is 0. The first-order chi connectivity index (χ1) is 15.9. The third kappa shape index (κ3) is 21.6. The second-order valence-corrected chi connectivity index (χ2v) is 11.0. The van der Waals surface area contributed by atoms with Crippen molar-refractivity contribution >= 4 is 0 Å². The minimum atomic E-state index is 1.36. The van der Waals surface area contributed by atoms with Crippen LogP contribution in [0.2, 0.25) is 0 Å². The van der Waals surface area contributed by atoms with Crippen LogP contribution in [0.5, 0.6) is 0 Å². The highest BCUT2D eigenvalue weighted by Gasteiger charge is 2.01. The van der Waals surface area contributed by atoms with Crippen LogP contribution in [-0.4, -0.2) is 0 Å². The lowest BCUT2D eigenvalue weighted by Gasteiger charge is -2.10. The average molecular weight is 447 g/mol. The van der Waals surface area contributed by atoms with E-state index in [-0.39, 0.29) is 0 Å². The maximum atomic E-state index is 2.66. The SMILES string of the molecule is CCCCCCCCCCCCCCCCC1=CCCCCCCCCCCCCCC1. The number of hydrogen-bond donors (Lipinski definition) is 0. The number of unbranched alkanes of at least 4 members (excludes halogenated alkanes) is 13. The van der Waals surface area contributed by atoms with Gasteiger partial charge >= 0.3 is 0 Å². The molecule has 0 heterocycles. The third-order valence-electron chi connectivity index (χ3n) is 7.74. The number of allylic oxidation sites excluding steroid dienone is 2. The quantitative estimate of drug-likeness (QED) is 0.173. The third-order valence-corrected chi connectivity index (χ3v) is 7.74. The summed E-state index contributed by atoms with van der Waals surface area (Å²) in [5.41, 5.74) is 1.82. The Morgan fingerprint density at radius 2 is 0.812 bits per heavy atom. The molecule has 190 valence electrons. The predicted molar refractivity (Wildman–Crippen MR) is 148 cm³/mol. The van der Waals surface area contributed by atoms with Crippen molar-refractivity contribution < 1.29 is 0 Å². The van der Waals surface area contributed by atoms with Gasteiger partial charge in [0.2, 0.25) is 0 Å².